The molecule has 0 N–H and O–H groups in total. The van der Waals surface area contributed by atoms with Gasteiger partial charge in [-0.2, -0.15) is 0 Å². The predicted octanol–water partition coefficient (Wildman–Crippen LogP) is 2.75. The van der Waals surface area contributed by atoms with Gasteiger partial charge in [0.25, 0.3) is 0 Å². The molecule has 0 saturated carbocycles. The molecule has 0 aromatic carbocycles. The summed E-state index contributed by atoms with van der Waals surface area (Å²) in [6, 6.07) is 3.51. The topological polar surface area (TPSA) is 89.0 Å². The molecule has 3 heterocycles. The Morgan fingerprint density at radius 3 is 2.52 bits per heavy atom. The number of rotatable bonds is 1. The lowest BCUT2D eigenvalue weighted by molar-refractivity contribution is -0.135. The molecule has 174 valence electrons. The van der Waals surface area contributed by atoms with Gasteiger partial charge in [-0.3, -0.25) is 4.79 Å². The van der Waals surface area contributed by atoms with Crippen LogP contribution >= 0.6 is 0 Å². The fraction of sp³-hybridized carbons (Fsp3) is 0.727. The minimum Gasteiger partial charge on any atom is -0.477 e. The van der Waals surface area contributed by atoms with Crippen molar-refractivity contribution in [3.63, 3.8) is 0 Å². The van der Waals surface area contributed by atoms with Crippen LogP contribution in [0.15, 0.2) is 17.0 Å². The van der Waals surface area contributed by atoms with Crippen molar-refractivity contribution in [2.45, 2.75) is 69.2 Å². The van der Waals surface area contributed by atoms with E-state index in [2.05, 4.69) is 4.98 Å². The number of carbonyl (C=O) groups excluding carboxylic acids is 1. The molecule has 9 heteroatoms. The third-order valence-corrected chi connectivity index (χ3v) is 7.87. The zero-order valence-electron chi connectivity index (χ0n) is 18.7. The van der Waals surface area contributed by atoms with Gasteiger partial charge in [-0.15, -0.1) is 0 Å². The van der Waals surface area contributed by atoms with Gasteiger partial charge in [0, 0.05) is 51.5 Å². The first-order valence-electron chi connectivity index (χ1n) is 11.3. The van der Waals surface area contributed by atoms with Crippen LogP contribution in [0.3, 0.4) is 0 Å². The summed E-state index contributed by atoms with van der Waals surface area (Å²) < 4.78 is 38.7. The number of carbonyl (C=O) groups is 1. The molecule has 1 aromatic heterocycles. The van der Waals surface area contributed by atoms with Crippen molar-refractivity contribution < 1.29 is 22.7 Å². The normalized spacial score (nSPS) is 23.2. The molecule has 31 heavy (non-hydrogen) atoms. The van der Waals surface area contributed by atoms with Crippen molar-refractivity contribution in [1.29, 1.82) is 0 Å². The lowest BCUT2D eigenvalue weighted by atomic mass is 10.0. The number of nitrogens with zero attached hydrogens (tertiary/aromatic N) is 3. The fourth-order valence-electron chi connectivity index (χ4n) is 4.10. The first kappa shape index (κ1) is 23.9. The van der Waals surface area contributed by atoms with E-state index in [9.17, 15) is 13.2 Å². The Hall–Kier alpha value is -1.71. The summed E-state index contributed by atoms with van der Waals surface area (Å²) >= 11 is 0. The second kappa shape index (κ2) is 11.2. The second-order valence-electron chi connectivity index (χ2n) is 8.38. The molecule has 0 radical (unpaired) electrons. The summed E-state index contributed by atoms with van der Waals surface area (Å²) in [5, 5.41) is 0. The number of hydrogen-bond acceptors (Lipinski definition) is 6. The van der Waals surface area contributed by atoms with Crippen molar-refractivity contribution in [1.82, 2.24) is 14.2 Å². The molecular weight excluding hydrogens is 418 g/mol. The highest BCUT2D eigenvalue weighted by molar-refractivity contribution is 7.89. The Kier molecular flexibility index (Phi) is 8.68. The van der Waals surface area contributed by atoms with Crippen molar-refractivity contribution in [2.24, 2.45) is 0 Å². The monoisotopic (exact) mass is 453 g/mol. The smallest absolute Gasteiger partial charge is 0.248 e. The summed E-state index contributed by atoms with van der Waals surface area (Å²) in [6.07, 6.45) is 6.09. The van der Waals surface area contributed by atoms with E-state index in [4.69, 9.17) is 9.47 Å². The largest absolute Gasteiger partial charge is 0.477 e. The van der Waals surface area contributed by atoms with Crippen molar-refractivity contribution >= 4 is 15.9 Å². The van der Waals surface area contributed by atoms with Crippen LogP contribution in [0.25, 0.3) is 0 Å². The quantitative estimate of drug-likeness (QED) is 0.650. The molecule has 2 aliphatic heterocycles. The molecule has 0 aliphatic carbocycles. The number of aryl methyl sites for hydroxylation is 1. The SMILES string of the molecule is Cc1ccc2c(n1)OCCCCCN(C1CCOCC1)C(=O)CCCCN(C)S2(=O)=O. The van der Waals surface area contributed by atoms with Gasteiger partial charge in [-0.05, 0) is 64.0 Å². The summed E-state index contributed by atoms with van der Waals surface area (Å²) in [5.74, 6) is 0.351. The first-order valence-corrected chi connectivity index (χ1v) is 12.8. The molecule has 1 fully saturated rings. The minimum atomic E-state index is -3.71. The molecule has 0 atom stereocenters. The lowest BCUT2D eigenvalue weighted by Crippen LogP contribution is -2.44. The van der Waals surface area contributed by atoms with Crippen LogP contribution in [0.4, 0.5) is 0 Å². The number of fused-ring (bicyclic) bond motifs is 1. The van der Waals surface area contributed by atoms with Gasteiger partial charge in [-0.1, -0.05) is 0 Å². The highest BCUT2D eigenvalue weighted by Gasteiger charge is 2.27. The summed E-state index contributed by atoms with van der Waals surface area (Å²) in [4.78, 5) is 19.4. The van der Waals surface area contributed by atoms with E-state index >= 15 is 0 Å². The fourth-order valence-corrected chi connectivity index (χ4v) is 5.37. The Bertz CT molecular complexity index is 840. The molecule has 0 unspecified atom stereocenters. The molecular formula is C22H35N3O5S. The van der Waals surface area contributed by atoms with E-state index in [1.165, 1.54) is 4.31 Å². The van der Waals surface area contributed by atoms with Gasteiger partial charge >= 0.3 is 0 Å². The van der Waals surface area contributed by atoms with E-state index in [-0.39, 0.29) is 22.7 Å². The molecule has 1 aromatic rings. The number of pyridine rings is 1. The number of aromatic nitrogens is 1. The molecule has 3 rings (SSSR count). The van der Waals surface area contributed by atoms with E-state index < -0.39 is 10.0 Å². The molecule has 0 bridgehead atoms. The van der Waals surface area contributed by atoms with Gasteiger partial charge < -0.3 is 14.4 Å². The Morgan fingerprint density at radius 2 is 1.74 bits per heavy atom. The number of ether oxygens (including phenoxy) is 2. The third kappa shape index (κ3) is 6.40. The average Bonchev–Trinajstić information content (AvgIpc) is 2.75. The zero-order valence-corrected chi connectivity index (χ0v) is 19.5. The number of sulfonamides is 1. The number of amides is 1. The van der Waals surface area contributed by atoms with Crippen LogP contribution in [0.1, 0.15) is 57.1 Å². The predicted molar refractivity (Wildman–Crippen MR) is 118 cm³/mol. The second-order valence-corrected chi connectivity index (χ2v) is 10.4. The van der Waals surface area contributed by atoms with Crippen LogP contribution in [0.5, 0.6) is 5.88 Å². The Balaban J connectivity index is 1.73. The van der Waals surface area contributed by atoms with Crippen LogP contribution in [-0.4, -0.2) is 74.5 Å². The lowest BCUT2D eigenvalue weighted by Gasteiger charge is -2.34. The van der Waals surface area contributed by atoms with Crippen LogP contribution < -0.4 is 4.74 Å². The van der Waals surface area contributed by atoms with E-state index in [1.807, 2.05) is 11.8 Å². The first-order chi connectivity index (χ1) is 14.9. The van der Waals surface area contributed by atoms with Crippen LogP contribution in [0, 0.1) is 6.92 Å². The van der Waals surface area contributed by atoms with Crippen molar-refractivity contribution in [3.05, 3.63) is 17.8 Å². The molecule has 0 spiro atoms. The Labute approximate surface area is 186 Å². The summed E-state index contributed by atoms with van der Waals surface area (Å²) in [7, 11) is -2.14. The molecule has 1 saturated heterocycles. The average molecular weight is 454 g/mol. The van der Waals surface area contributed by atoms with Crippen molar-refractivity contribution in [3.8, 4) is 5.88 Å². The maximum Gasteiger partial charge on any atom is 0.248 e. The van der Waals surface area contributed by atoms with Gasteiger partial charge in [-0.25, -0.2) is 17.7 Å². The standard InChI is InChI=1S/C22H35N3O5S/c1-18-9-10-20-22(23-18)30-15-7-3-5-14-25(19-11-16-29-17-12-19)21(26)8-4-6-13-24(2)31(20,27)28/h9-10,19H,3-8,11-17H2,1-2H3. The highest BCUT2D eigenvalue weighted by Crippen LogP contribution is 2.26. The third-order valence-electron chi connectivity index (χ3n) is 6.00. The minimum absolute atomic E-state index is 0.106. The van der Waals surface area contributed by atoms with Gasteiger partial charge in [0.2, 0.25) is 21.8 Å². The van der Waals surface area contributed by atoms with Gasteiger partial charge in [0.1, 0.15) is 4.90 Å². The van der Waals surface area contributed by atoms with Crippen LogP contribution in [0.2, 0.25) is 0 Å². The molecule has 2 aliphatic rings. The maximum atomic E-state index is 13.1. The molecule has 1 amide bonds. The summed E-state index contributed by atoms with van der Waals surface area (Å²) in [5.41, 5.74) is 0.719. The van der Waals surface area contributed by atoms with E-state index in [0.717, 1.165) is 44.3 Å². The maximum absolute atomic E-state index is 13.1. The van der Waals surface area contributed by atoms with Crippen LogP contribution in [-0.2, 0) is 19.6 Å². The molecule has 8 nitrogen and oxygen atoms in total. The number of hydrogen-bond donors (Lipinski definition) is 0. The van der Waals surface area contributed by atoms with E-state index in [1.54, 1.807) is 19.2 Å². The zero-order chi connectivity index (χ0) is 22.3. The van der Waals surface area contributed by atoms with Crippen molar-refractivity contribution in [2.75, 3.05) is 40.0 Å². The van der Waals surface area contributed by atoms with Gasteiger partial charge in [0.15, 0.2) is 0 Å². The van der Waals surface area contributed by atoms with E-state index in [0.29, 0.717) is 45.6 Å². The van der Waals surface area contributed by atoms with Gasteiger partial charge in [0.05, 0.1) is 6.61 Å². The summed E-state index contributed by atoms with van der Waals surface area (Å²) in [6.45, 7) is 4.73. The highest BCUT2D eigenvalue weighted by atomic mass is 32.2. The Morgan fingerprint density at radius 1 is 1.00 bits per heavy atom.